The zero-order chi connectivity index (χ0) is 18.0. The van der Waals surface area contributed by atoms with Crippen LogP contribution in [0.4, 0.5) is 0 Å². The molecule has 0 spiro atoms. The lowest BCUT2D eigenvalue weighted by Gasteiger charge is -2.30. The molecule has 1 atom stereocenters. The molecule has 1 unspecified atom stereocenters. The van der Waals surface area contributed by atoms with Crippen LogP contribution in [-0.2, 0) is 22.4 Å². The zero-order valence-corrected chi connectivity index (χ0v) is 16.2. The Labute approximate surface area is 146 Å². The third kappa shape index (κ3) is 5.92. The molecule has 0 aliphatic heterocycles. The molecule has 0 bridgehead atoms. The molecule has 0 fully saturated rings. The van der Waals surface area contributed by atoms with Crippen molar-refractivity contribution in [1.29, 1.82) is 0 Å². The molecule has 0 aliphatic rings. The molecular formula is C21H28O2Si. The van der Waals surface area contributed by atoms with E-state index in [0.29, 0.717) is 0 Å². The van der Waals surface area contributed by atoms with E-state index in [0.717, 1.165) is 12.0 Å². The van der Waals surface area contributed by atoms with Crippen LogP contribution in [0, 0.1) is 0 Å². The van der Waals surface area contributed by atoms with Crippen LogP contribution in [0.3, 0.4) is 0 Å². The van der Waals surface area contributed by atoms with E-state index in [9.17, 15) is 0 Å². The Balaban J connectivity index is 0.000000891. The monoisotopic (exact) mass is 340 g/mol. The lowest BCUT2D eigenvalue weighted by molar-refractivity contribution is -0.191. The van der Waals surface area contributed by atoms with Gasteiger partial charge in [-0.2, -0.15) is 9.59 Å². The average Bonchev–Trinajstić information content (AvgIpc) is 2.61. The van der Waals surface area contributed by atoms with Crippen molar-refractivity contribution in [2.45, 2.75) is 51.7 Å². The second-order valence-corrected chi connectivity index (χ2v) is 11.8. The van der Waals surface area contributed by atoms with E-state index in [1.165, 1.54) is 24.0 Å². The zero-order valence-electron chi connectivity index (χ0n) is 15.2. The number of hydrogen-bond donors (Lipinski definition) is 0. The van der Waals surface area contributed by atoms with Crippen molar-refractivity contribution in [3.8, 4) is 0 Å². The van der Waals surface area contributed by atoms with Gasteiger partial charge in [-0.3, -0.25) is 0 Å². The van der Waals surface area contributed by atoms with Gasteiger partial charge in [-0.1, -0.05) is 86.7 Å². The van der Waals surface area contributed by atoms with Crippen molar-refractivity contribution in [2.75, 3.05) is 0 Å². The highest BCUT2D eigenvalue weighted by Crippen LogP contribution is 2.26. The van der Waals surface area contributed by atoms with Gasteiger partial charge in [0.15, 0.2) is 0 Å². The molecule has 0 radical (unpaired) electrons. The van der Waals surface area contributed by atoms with E-state index in [1.807, 2.05) is 0 Å². The van der Waals surface area contributed by atoms with Crippen molar-refractivity contribution in [3.05, 3.63) is 65.7 Å². The summed E-state index contributed by atoms with van der Waals surface area (Å²) in [5.74, 6) is 0. The summed E-state index contributed by atoms with van der Waals surface area (Å²) in [6.45, 7) is 9.67. The summed E-state index contributed by atoms with van der Waals surface area (Å²) in [6, 6.07) is 20.3. The Morgan fingerprint density at radius 2 is 1.42 bits per heavy atom. The van der Waals surface area contributed by atoms with Gasteiger partial charge < -0.3 is 0 Å². The van der Waals surface area contributed by atoms with Crippen LogP contribution in [-0.4, -0.2) is 14.2 Å². The van der Waals surface area contributed by atoms with Crippen LogP contribution in [0.1, 0.15) is 31.4 Å². The minimum atomic E-state index is -1.35. The summed E-state index contributed by atoms with van der Waals surface area (Å²) in [5.41, 5.74) is 3.72. The smallest absolute Gasteiger partial charge is 0.186 e. The third-order valence-electron chi connectivity index (χ3n) is 5.05. The molecule has 0 N–H and O–H groups in total. The number of hydrogen-bond acceptors (Lipinski definition) is 2. The predicted molar refractivity (Wildman–Crippen MR) is 102 cm³/mol. The lowest BCUT2D eigenvalue weighted by Crippen LogP contribution is -2.45. The molecule has 0 amide bonds. The molecule has 128 valence electrons. The molecule has 0 aromatic heterocycles. The highest BCUT2D eigenvalue weighted by atomic mass is 28.3. The Hall–Kier alpha value is -1.96. The molecule has 3 heteroatoms. The molecule has 0 saturated carbocycles. The average molecular weight is 341 g/mol. The Bertz CT molecular complexity index is 627. The van der Waals surface area contributed by atoms with Crippen molar-refractivity contribution < 1.29 is 9.59 Å². The second kappa shape index (κ2) is 10.0. The molecule has 0 saturated heterocycles. The number of benzene rings is 2. The quantitative estimate of drug-likeness (QED) is 0.720. The molecule has 2 aromatic rings. The van der Waals surface area contributed by atoms with Crippen LogP contribution < -0.4 is 5.19 Å². The van der Waals surface area contributed by atoms with E-state index in [1.54, 1.807) is 5.19 Å². The van der Waals surface area contributed by atoms with Crippen LogP contribution in [0.15, 0.2) is 54.6 Å². The lowest BCUT2D eigenvalue weighted by atomic mass is 10.1. The van der Waals surface area contributed by atoms with Gasteiger partial charge in [-0.05, 0) is 35.9 Å². The van der Waals surface area contributed by atoms with Gasteiger partial charge in [0.25, 0.3) is 0 Å². The summed E-state index contributed by atoms with van der Waals surface area (Å²) >= 11 is 0. The van der Waals surface area contributed by atoms with Crippen LogP contribution >= 0.6 is 0 Å². The van der Waals surface area contributed by atoms with E-state index in [-0.39, 0.29) is 6.15 Å². The Morgan fingerprint density at radius 3 is 1.92 bits per heavy atom. The van der Waals surface area contributed by atoms with Gasteiger partial charge >= 0.3 is 6.15 Å². The predicted octanol–water partition coefficient (Wildman–Crippen LogP) is 4.60. The minimum absolute atomic E-state index is 0.250. The van der Waals surface area contributed by atoms with E-state index in [4.69, 9.17) is 9.59 Å². The first-order valence-electron chi connectivity index (χ1n) is 8.58. The second-order valence-electron chi connectivity index (χ2n) is 6.78. The van der Waals surface area contributed by atoms with Crippen LogP contribution in [0.5, 0.6) is 0 Å². The van der Waals surface area contributed by atoms with Gasteiger partial charge in [0.1, 0.15) is 0 Å². The van der Waals surface area contributed by atoms with Gasteiger partial charge in [-0.15, -0.1) is 0 Å². The normalized spacial score (nSPS) is 11.8. The van der Waals surface area contributed by atoms with E-state index < -0.39 is 8.07 Å². The van der Waals surface area contributed by atoms with Gasteiger partial charge in [-0.25, -0.2) is 0 Å². The maximum Gasteiger partial charge on any atom is 0.373 e. The topological polar surface area (TPSA) is 34.1 Å². The fraction of sp³-hybridized carbons (Fsp3) is 0.381. The number of carbonyl (C=O) groups excluding carboxylic acids is 2. The maximum absolute atomic E-state index is 8.12. The molecule has 24 heavy (non-hydrogen) atoms. The molecule has 0 heterocycles. The first-order chi connectivity index (χ1) is 11.5. The minimum Gasteiger partial charge on any atom is -0.186 e. The van der Waals surface area contributed by atoms with Crippen LogP contribution in [0.25, 0.3) is 0 Å². The first-order valence-corrected chi connectivity index (χ1v) is 11.7. The molecule has 2 aromatic carbocycles. The fourth-order valence-electron chi connectivity index (χ4n) is 2.84. The highest BCUT2D eigenvalue weighted by Gasteiger charge is 2.29. The molecule has 0 aliphatic carbocycles. The standard InChI is InChI=1S/C20H28Si.CO2/c1-5-18-13-15-19(16-14-18)12-11-17(2)21(3,4)20-9-7-6-8-10-20;2-1-3/h6-10,13-17H,5,11-12H2,1-4H3;. The van der Waals surface area contributed by atoms with Crippen molar-refractivity contribution in [1.82, 2.24) is 0 Å². The third-order valence-corrected chi connectivity index (χ3v) is 9.62. The van der Waals surface area contributed by atoms with Gasteiger partial charge in [0.2, 0.25) is 0 Å². The van der Waals surface area contributed by atoms with Crippen molar-refractivity contribution >= 4 is 19.4 Å². The van der Waals surface area contributed by atoms with E-state index >= 15 is 0 Å². The molecule has 2 nitrogen and oxygen atoms in total. The van der Waals surface area contributed by atoms with Gasteiger partial charge in [0, 0.05) is 0 Å². The fourth-order valence-corrected chi connectivity index (χ4v) is 5.32. The highest BCUT2D eigenvalue weighted by molar-refractivity contribution is 6.90. The maximum atomic E-state index is 8.12. The van der Waals surface area contributed by atoms with Crippen molar-refractivity contribution in [2.24, 2.45) is 0 Å². The summed E-state index contributed by atoms with van der Waals surface area (Å²) in [4.78, 5) is 16.2. The first kappa shape index (κ1) is 20.1. The SMILES string of the molecule is CCc1ccc(CCC(C)[Si](C)(C)c2ccccc2)cc1.O=C=O. The largest absolute Gasteiger partial charge is 0.373 e. The molecular weight excluding hydrogens is 312 g/mol. The van der Waals surface area contributed by atoms with Gasteiger partial charge in [0.05, 0.1) is 8.07 Å². The summed E-state index contributed by atoms with van der Waals surface area (Å²) in [7, 11) is -1.35. The summed E-state index contributed by atoms with van der Waals surface area (Å²) in [6.07, 6.45) is 3.87. The van der Waals surface area contributed by atoms with Crippen molar-refractivity contribution in [3.63, 3.8) is 0 Å². The molecule has 2 rings (SSSR count). The Morgan fingerprint density at radius 1 is 0.917 bits per heavy atom. The number of rotatable bonds is 6. The van der Waals surface area contributed by atoms with E-state index in [2.05, 4.69) is 81.5 Å². The summed E-state index contributed by atoms with van der Waals surface area (Å²) < 4.78 is 0. The Kier molecular flexibility index (Phi) is 8.38. The van der Waals surface area contributed by atoms with Crippen LogP contribution in [0.2, 0.25) is 18.6 Å². The number of aryl methyl sites for hydroxylation is 2. The summed E-state index contributed by atoms with van der Waals surface area (Å²) in [5, 5.41) is 1.58.